The van der Waals surface area contributed by atoms with E-state index in [0.29, 0.717) is 40.4 Å². The summed E-state index contributed by atoms with van der Waals surface area (Å²) in [5.41, 5.74) is -2.06. The van der Waals surface area contributed by atoms with Crippen molar-refractivity contribution in [3.05, 3.63) is 98.7 Å². The van der Waals surface area contributed by atoms with Gasteiger partial charge in [-0.25, -0.2) is 26.0 Å². The number of carbonyl (C=O) groups excluding carboxylic acids is 1. The minimum Gasteiger partial charge on any atom is -0.346 e. The molecule has 2 fully saturated rings. The second-order valence-electron chi connectivity index (χ2n) is 17.0. The molecule has 2 aromatic carbocycles. The molecule has 332 valence electrons. The number of fused-ring (bicyclic) bond motifs is 4. The number of pyridine rings is 1. The van der Waals surface area contributed by atoms with Gasteiger partial charge < -0.3 is 5.32 Å². The fourth-order valence-corrected chi connectivity index (χ4v) is 11.3. The molecular formula is C42H40ClF9N6O3S. The van der Waals surface area contributed by atoms with Crippen LogP contribution >= 0.6 is 11.6 Å². The van der Waals surface area contributed by atoms with E-state index in [2.05, 4.69) is 15.5 Å². The number of alkyl halides is 7. The SMILES string of the molecule is Cc1nn(CC(F)F)c2c(-c3ccc(CCC(C)(C)S(=O)(=O)C4CC4)nc3[C@H](Cc3cc(F)cc(F)c3)NC(=O)Cn3nc(C(F)(F)F)c4c3C(F)(F)[C@@H]3CC[C@H]43)ccc(Cl)c12. The highest BCUT2D eigenvalue weighted by molar-refractivity contribution is 7.93. The average Bonchev–Trinajstić information content (AvgIpc) is 3.83. The molecule has 0 spiro atoms. The van der Waals surface area contributed by atoms with Crippen LogP contribution in [0, 0.1) is 24.5 Å². The highest BCUT2D eigenvalue weighted by Gasteiger charge is 2.63. The Labute approximate surface area is 354 Å². The first-order valence-corrected chi connectivity index (χ1v) is 21.9. The average molecular weight is 915 g/mol. The smallest absolute Gasteiger partial charge is 0.346 e. The maximum atomic E-state index is 15.7. The van der Waals surface area contributed by atoms with Crippen molar-refractivity contribution in [2.75, 3.05) is 0 Å². The van der Waals surface area contributed by atoms with E-state index in [-0.39, 0.29) is 58.6 Å². The molecule has 0 radical (unpaired) electrons. The van der Waals surface area contributed by atoms with Gasteiger partial charge in [0.05, 0.1) is 38.0 Å². The number of aryl methyl sites for hydroxylation is 2. The van der Waals surface area contributed by atoms with Gasteiger partial charge in [0.15, 0.2) is 15.5 Å². The molecule has 0 aliphatic heterocycles. The molecule has 3 heterocycles. The third-order valence-electron chi connectivity index (χ3n) is 12.3. The highest BCUT2D eigenvalue weighted by Crippen LogP contribution is 2.64. The van der Waals surface area contributed by atoms with Crippen LogP contribution in [0.15, 0.2) is 42.5 Å². The van der Waals surface area contributed by atoms with Gasteiger partial charge in [-0.3, -0.25) is 19.1 Å². The van der Waals surface area contributed by atoms with Gasteiger partial charge in [0, 0.05) is 39.8 Å². The van der Waals surface area contributed by atoms with Crippen LogP contribution in [0.5, 0.6) is 0 Å². The Kier molecular flexibility index (Phi) is 11.0. The minimum atomic E-state index is -5.11. The number of rotatable bonds is 14. The van der Waals surface area contributed by atoms with E-state index in [0.717, 1.165) is 16.8 Å². The third-order valence-corrected chi connectivity index (χ3v) is 15.7. The Hall–Kier alpha value is -4.65. The lowest BCUT2D eigenvalue weighted by molar-refractivity contribution is -0.144. The van der Waals surface area contributed by atoms with E-state index in [9.17, 15) is 43.9 Å². The molecule has 9 nitrogen and oxygen atoms in total. The van der Waals surface area contributed by atoms with Crippen LogP contribution in [0.1, 0.15) is 97.5 Å². The molecular weight excluding hydrogens is 875 g/mol. The highest BCUT2D eigenvalue weighted by atomic mass is 35.5. The molecule has 3 aliphatic carbocycles. The zero-order valence-corrected chi connectivity index (χ0v) is 35.0. The lowest BCUT2D eigenvalue weighted by Gasteiger charge is -2.34. The molecule has 8 rings (SSSR count). The summed E-state index contributed by atoms with van der Waals surface area (Å²) in [6, 6.07) is 7.25. The molecule has 0 saturated heterocycles. The van der Waals surface area contributed by atoms with Gasteiger partial charge in [-0.15, -0.1) is 0 Å². The van der Waals surface area contributed by atoms with Crippen LogP contribution in [-0.4, -0.2) is 55.3 Å². The largest absolute Gasteiger partial charge is 0.435 e. The Bertz CT molecular complexity index is 2690. The molecule has 0 bridgehead atoms. The van der Waals surface area contributed by atoms with Gasteiger partial charge in [-0.1, -0.05) is 23.7 Å². The van der Waals surface area contributed by atoms with E-state index in [4.69, 9.17) is 16.6 Å². The monoisotopic (exact) mass is 914 g/mol. The van der Waals surface area contributed by atoms with Gasteiger partial charge in [-0.2, -0.15) is 32.1 Å². The first-order valence-electron chi connectivity index (χ1n) is 20.0. The second-order valence-corrected chi connectivity index (χ2v) is 20.3. The van der Waals surface area contributed by atoms with Crippen molar-refractivity contribution in [1.29, 1.82) is 0 Å². The first-order chi connectivity index (χ1) is 29.0. The fraction of sp³-hybridized carbons (Fsp3) is 0.476. The van der Waals surface area contributed by atoms with E-state index >= 15 is 8.78 Å². The molecule has 62 heavy (non-hydrogen) atoms. The fourth-order valence-electron chi connectivity index (χ4n) is 9.00. The third kappa shape index (κ3) is 7.85. The van der Waals surface area contributed by atoms with Crippen LogP contribution < -0.4 is 5.32 Å². The number of hydrogen-bond donors (Lipinski definition) is 1. The molecule has 0 unspecified atom stereocenters. The number of benzene rings is 2. The molecule has 3 atom stereocenters. The van der Waals surface area contributed by atoms with E-state index in [1.54, 1.807) is 32.9 Å². The maximum Gasteiger partial charge on any atom is 0.435 e. The van der Waals surface area contributed by atoms with Crippen LogP contribution in [0.25, 0.3) is 22.0 Å². The summed E-state index contributed by atoms with van der Waals surface area (Å²) in [4.78, 5) is 19.0. The lowest BCUT2D eigenvalue weighted by Crippen LogP contribution is -2.37. The summed E-state index contributed by atoms with van der Waals surface area (Å²) in [7, 11) is -3.54. The Balaban J connectivity index is 1.26. The van der Waals surface area contributed by atoms with Gasteiger partial charge >= 0.3 is 6.18 Å². The van der Waals surface area contributed by atoms with Crippen LogP contribution in [0.3, 0.4) is 0 Å². The summed E-state index contributed by atoms with van der Waals surface area (Å²) in [6.45, 7) is 2.78. The van der Waals surface area contributed by atoms with Crippen molar-refractivity contribution >= 4 is 38.2 Å². The zero-order valence-electron chi connectivity index (χ0n) is 33.4. The number of halogens is 10. The number of nitrogens with zero attached hydrogens (tertiary/aromatic N) is 5. The number of aromatic nitrogens is 5. The summed E-state index contributed by atoms with van der Waals surface area (Å²) in [6.07, 6.45) is -7.09. The maximum absolute atomic E-state index is 15.7. The number of hydrogen-bond acceptors (Lipinski definition) is 6. The topological polar surface area (TPSA) is 112 Å². The van der Waals surface area contributed by atoms with Crippen molar-refractivity contribution in [3.8, 4) is 11.1 Å². The van der Waals surface area contributed by atoms with Crippen molar-refractivity contribution in [2.24, 2.45) is 5.92 Å². The lowest BCUT2D eigenvalue weighted by atomic mass is 9.73. The second kappa shape index (κ2) is 15.6. The van der Waals surface area contributed by atoms with Crippen LogP contribution in [0.2, 0.25) is 5.02 Å². The molecule has 2 saturated carbocycles. The van der Waals surface area contributed by atoms with E-state index < -0.39 is 110 Å². The Morgan fingerprint density at radius 1 is 0.968 bits per heavy atom. The molecule has 3 aromatic heterocycles. The Morgan fingerprint density at radius 3 is 2.26 bits per heavy atom. The quantitative estimate of drug-likeness (QED) is 0.111. The predicted molar refractivity (Wildman–Crippen MR) is 211 cm³/mol. The number of amides is 1. The Morgan fingerprint density at radius 2 is 1.65 bits per heavy atom. The van der Waals surface area contributed by atoms with Crippen molar-refractivity contribution in [3.63, 3.8) is 0 Å². The molecule has 3 aliphatic rings. The molecule has 1 N–H and O–H groups in total. The van der Waals surface area contributed by atoms with Gasteiger partial charge in [0.2, 0.25) is 5.91 Å². The normalized spacial score (nSPS) is 19.1. The minimum absolute atomic E-state index is 0.0232. The molecule has 1 amide bonds. The van der Waals surface area contributed by atoms with Crippen molar-refractivity contribution in [2.45, 2.75) is 119 Å². The number of sulfone groups is 1. The van der Waals surface area contributed by atoms with Crippen LogP contribution in [0.4, 0.5) is 39.5 Å². The standard InChI is InChI=1S/C42H40ClF9N6O3S/c1-20-34-30(43)11-9-27(37(34)57(55-20)18-32(46)47)26-7-4-24(12-13-40(2,3)62(60,61)25-5-6-25)53-36(26)31(16-21-14-22(44)17-23(45)15-21)54-33(59)19-58-39-35(38(56-58)42(50,51)52)28-8-10-29(28)41(39,48)49/h4,7,9,11,14-15,17,25,28-29,31-32H,5-6,8,10,12-13,16,18-19H2,1-3H3,(H,54,59)/t28-,29+,31-/m0/s1. The van der Waals surface area contributed by atoms with Gasteiger partial charge in [0.25, 0.3) is 12.3 Å². The number of nitrogens with one attached hydrogen (secondary N) is 1. The van der Waals surface area contributed by atoms with Crippen molar-refractivity contribution < 1.29 is 52.7 Å². The zero-order chi connectivity index (χ0) is 44.8. The summed E-state index contributed by atoms with van der Waals surface area (Å²) < 4.78 is 158. The number of carbonyl (C=O) groups is 1. The summed E-state index contributed by atoms with van der Waals surface area (Å²) >= 11 is 6.58. The van der Waals surface area contributed by atoms with Crippen molar-refractivity contribution in [1.82, 2.24) is 29.9 Å². The summed E-state index contributed by atoms with van der Waals surface area (Å²) in [5, 5.41) is 10.4. The first kappa shape index (κ1) is 44.0. The van der Waals surface area contributed by atoms with E-state index in [1.165, 1.54) is 12.1 Å². The predicted octanol–water partition coefficient (Wildman–Crippen LogP) is 9.81. The van der Waals surface area contributed by atoms with Gasteiger partial charge in [-0.05, 0) is 101 Å². The molecule has 20 heteroatoms. The van der Waals surface area contributed by atoms with E-state index in [1.807, 2.05) is 0 Å². The molecule has 5 aromatic rings. The summed E-state index contributed by atoms with van der Waals surface area (Å²) in [5.74, 6) is -9.30. The van der Waals surface area contributed by atoms with Crippen LogP contribution in [-0.2, 0) is 52.7 Å². The van der Waals surface area contributed by atoms with Gasteiger partial charge in [0.1, 0.15) is 30.4 Å².